The minimum absolute atomic E-state index is 0.0206. The Morgan fingerprint density at radius 3 is 2.54 bits per heavy atom. The molecule has 0 unspecified atom stereocenters. The van der Waals surface area contributed by atoms with Crippen LogP contribution in [0.25, 0.3) is 0 Å². The van der Waals surface area contributed by atoms with Crippen molar-refractivity contribution in [1.82, 2.24) is 10.6 Å². The highest BCUT2D eigenvalue weighted by Crippen LogP contribution is 2.23. The van der Waals surface area contributed by atoms with Crippen molar-refractivity contribution in [3.05, 3.63) is 59.1 Å². The number of nitrogens with zero attached hydrogens (tertiary/aromatic N) is 1. The summed E-state index contributed by atoms with van der Waals surface area (Å²) in [5.41, 5.74) is 1.74. The van der Waals surface area contributed by atoms with E-state index in [1.54, 1.807) is 36.3 Å². The van der Waals surface area contributed by atoms with Gasteiger partial charge in [0, 0.05) is 30.2 Å². The third-order valence-corrected chi connectivity index (χ3v) is 4.46. The average molecular weight is 374 g/mol. The van der Waals surface area contributed by atoms with Gasteiger partial charge in [-0.3, -0.25) is 4.79 Å². The van der Waals surface area contributed by atoms with Gasteiger partial charge in [0.15, 0.2) is 0 Å². The van der Waals surface area contributed by atoms with Crippen LogP contribution in [0.4, 0.5) is 10.5 Å². The summed E-state index contributed by atoms with van der Waals surface area (Å²) >= 11 is 5.88. The Labute approximate surface area is 157 Å². The van der Waals surface area contributed by atoms with E-state index < -0.39 is 0 Å². The maximum absolute atomic E-state index is 12.2. The standard InChI is InChI=1S/C19H20ClN3O3/c1-26-17-8-2-13(3-9-17)11-21-19(25)22-15-10-18(24)23(12-15)16-6-4-14(20)5-7-16/h2-9,15H,10-12H2,1H3,(H2,21,22,25)/t15-/m0/s1. The number of benzene rings is 2. The van der Waals surface area contributed by atoms with Crippen LogP contribution in [-0.4, -0.2) is 31.6 Å². The minimum atomic E-state index is -0.295. The number of ether oxygens (including phenoxy) is 1. The van der Waals surface area contributed by atoms with E-state index in [-0.39, 0.29) is 24.4 Å². The molecular weight excluding hydrogens is 354 g/mol. The lowest BCUT2D eigenvalue weighted by Crippen LogP contribution is -2.43. The molecule has 1 heterocycles. The van der Waals surface area contributed by atoms with Crippen molar-refractivity contribution in [2.75, 3.05) is 18.6 Å². The molecule has 2 aromatic rings. The molecule has 3 rings (SSSR count). The first-order valence-electron chi connectivity index (χ1n) is 8.28. The Morgan fingerprint density at radius 2 is 1.88 bits per heavy atom. The van der Waals surface area contributed by atoms with Gasteiger partial charge in [0.1, 0.15) is 5.75 Å². The van der Waals surface area contributed by atoms with Crippen LogP contribution in [0.5, 0.6) is 5.75 Å². The summed E-state index contributed by atoms with van der Waals surface area (Å²) < 4.78 is 5.10. The molecule has 3 amide bonds. The highest BCUT2D eigenvalue weighted by Gasteiger charge is 2.31. The second-order valence-electron chi connectivity index (χ2n) is 6.06. The molecule has 136 valence electrons. The van der Waals surface area contributed by atoms with Crippen molar-refractivity contribution >= 4 is 29.2 Å². The van der Waals surface area contributed by atoms with E-state index in [9.17, 15) is 9.59 Å². The summed E-state index contributed by atoms with van der Waals surface area (Å²) in [6.07, 6.45) is 0.276. The van der Waals surface area contributed by atoms with Crippen molar-refractivity contribution in [1.29, 1.82) is 0 Å². The lowest BCUT2D eigenvalue weighted by molar-refractivity contribution is -0.117. The number of carbonyl (C=O) groups is 2. The number of amides is 3. The predicted molar refractivity (Wildman–Crippen MR) is 101 cm³/mol. The van der Waals surface area contributed by atoms with Gasteiger partial charge in [-0.1, -0.05) is 23.7 Å². The Bertz CT molecular complexity index is 778. The highest BCUT2D eigenvalue weighted by atomic mass is 35.5. The molecular formula is C19H20ClN3O3. The second-order valence-corrected chi connectivity index (χ2v) is 6.49. The van der Waals surface area contributed by atoms with Crippen LogP contribution < -0.4 is 20.3 Å². The summed E-state index contributed by atoms with van der Waals surface area (Å²) in [5.74, 6) is 0.748. The summed E-state index contributed by atoms with van der Waals surface area (Å²) in [6.45, 7) is 0.841. The maximum Gasteiger partial charge on any atom is 0.315 e. The zero-order valence-corrected chi connectivity index (χ0v) is 15.1. The topological polar surface area (TPSA) is 70.7 Å². The number of methoxy groups -OCH3 is 1. The molecule has 7 heteroatoms. The van der Waals surface area contributed by atoms with Crippen LogP contribution >= 0.6 is 11.6 Å². The average Bonchev–Trinajstić information content (AvgIpc) is 3.01. The summed E-state index contributed by atoms with van der Waals surface area (Å²) in [4.78, 5) is 26.0. The first kappa shape index (κ1) is 18.1. The van der Waals surface area contributed by atoms with Crippen LogP contribution in [-0.2, 0) is 11.3 Å². The molecule has 1 aliphatic heterocycles. The summed E-state index contributed by atoms with van der Waals surface area (Å²) in [7, 11) is 1.61. The zero-order valence-electron chi connectivity index (χ0n) is 14.4. The van der Waals surface area contributed by atoms with Crippen LogP contribution in [0.1, 0.15) is 12.0 Å². The zero-order chi connectivity index (χ0) is 18.5. The van der Waals surface area contributed by atoms with E-state index in [2.05, 4.69) is 10.6 Å². The molecule has 0 spiro atoms. The Hall–Kier alpha value is -2.73. The van der Waals surface area contributed by atoms with Gasteiger partial charge >= 0.3 is 6.03 Å². The van der Waals surface area contributed by atoms with E-state index in [0.29, 0.717) is 18.1 Å². The van der Waals surface area contributed by atoms with Gasteiger partial charge in [0.05, 0.1) is 13.2 Å². The monoisotopic (exact) mass is 373 g/mol. The fourth-order valence-corrected chi connectivity index (χ4v) is 2.96. The number of hydrogen-bond acceptors (Lipinski definition) is 3. The molecule has 0 aliphatic carbocycles. The van der Waals surface area contributed by atoms with Gasteiger partial charge in [-0.25, -0.2) is 4.79 Å². The Morgan fingerprint density at radius 1 is 1.19 bits per heavy atom. The fourth-order valence-electron chi connectivity index (χ4n) is 2.84. The molecule has 0 aromatic heterocycles. The van der Waals surface area contributed by atoms with Gasteiger partial charge in [-0.15, -0.1) is 0 Å². The van der Waals surface area contributed by atoms with Crippen molar-refractivity contribution < 1.29 is 14.3 Å². The lowest BCUT2D eigenvalue weighted by atomic mass is 10.2. The van der Waals surface area contributed by atoms with Crippen molar-refractivity contribution in [3.8, 4) is 5.75 Å². The van der Waals surface area contributed by atoms with E-state index in [1.807, 2.05) is 24.3 Å². The Balaban J connectivity index is 1.50. The van der Waals surface area contributed by atoms with Gasteiger partial charge in [0.2, 0.25) is 5.91 Å². The van der Waals surface area contributed by atoms with E-state index in [0.717, 1.165) is 17.0 Å². The number of rotatable bonds is 5. The van der Waals surface area contributed by atoms with Crippen LogP contribution in [0, 0.1) is 0 Å². The first-order valence-corrected chi connectivity index (χ1v) is 8.66. The number of anilines is 1. The van der Waals surface area contributed by atoms with Gasteiger partial charge in [-0.05, 0) is 42.0 Å². The number of hydrogen-bond donors (Lipinski definition) is 2. The van der Waals surface area contributed by atoms with Gasteiger partial charge in [0.25, 0.3) is 0 Å². The van der Waals surface area contributed by atoms with Crippen LogP contribution in [0.15, 0.2) is 48.5 Å². The summed E-state index contributed by atoms with van der Waals surface area (Å²) in [6, 6.07) is 14.0. The lowest BCUT2D eigenvalue weighted by Gasteiger charge is -2.17. The molecule has 0 radical (unpaired) electrons. The fraction of sp³-hybridized carbons (Fsp3) is 0.263. The normalized spacial score (nSPS) is 16.5. The smallest absolute Gasteiger partial charge is 0.315 e. The Kier molecular flexibility index (Phi) is 5.63. The molecule has 0 bridgehead atoms. The number of nitrogens with one attached hydrogen (secondary N) is 2. The quantitative estimate of drug-likeness (QED) is 0.846. The third kappa shape index (κ3) is 4.46. The molecule has 6 nitrogen and oxygen atoms in total. The van der Waals surface area contributed by atoms with E-state index in [4.69, 9.17) is 16.3 Å². The van der Waals surface area contributed by atoms with Gasteiger partial charge < -0.3 is 20.3 Å². The van der Waals surface area contributed by atoms with Crippen molar-refractivity contribution in [2.24, 2.45) is 0 Å². The molecule has 1 saturated heterocycles. The number of carbonyl (C=O) groups excluding carboxylic acids is 2. The highest BCUT2D eigenvalue weighted by molar-refractivity contribution is 6.30. The largest absolute Gasteiger partial charge is 0.497 e. The summed E-state index contributed by atoms with van der Waals surface area (Å²) in [5, 5.41) is 6.27. The van der Waals surface area contributed by atoms with Crippen LogP contribution in [0.2, 0.25) is 5.02 Å². The molecule has 2 aromatic carbocycles. The SMILES string of the molecule is COc1ccc(CNC(=O)N[C@H]2CC(=O)N(c3ccc(Cl)cc3)C2)cc1. The molecule has 1 atom stereocenters. The minimum Gasteiger partial charge on any atom is -0.497 e. The molecule has 2 N–H and O–H groups in total. The molecule has 0 saturated carbocycles. The molecule has 1 aliphatic rings. The van der Waals surface area contributed by atoms with Crippen molar-refractivity contribution in [2.45, 2.75) is 19.0 Å². The molecule has 26 heavy (non-hydrogen) atoms. The first-order chi connectivity index (χ1) is 12.5. The number of urea groups is 1. The second kappa shape index (κ2) is 8.10. The predicted octanol–water partition coefficient (Wildman–Crippen LogP) is 2.95. The van der Waals surface area contributed by atoms with Crippen LogP contribution in [0.3, 0.4) is 0 Å². The third-order valence-electron chi connectivity index (χ3n) is 4.21. The van der Waals surface area contributed by atoms with Gasteiger partial charge in [-0.2, -0.15) is 0 Å². The van der Waals surface area contributed by atoms with E-state index >= 15 is 0 Å². The maximum atomic E-state index is 12.2. The molecule has 1 fully saturated rings. The number of halogens is 1. The van der Waals surface area contributed by atoms with Crippen molar-refractivity contribution in [3.63, 3.8) is 0 Å². The van der Waals surface area contributed by atoms with E-state index in [1.165, 1.54) is 0 Å².